The highest BCUT2D eigenvalue weighted by atomic mass is 79.9. The summed E-state index contributed by atoms with van der Waals surface area (Å²) < 4.78 is 28.3. The molecular weight excluding hydrogens is 318 g/mol. The number of nitrogens with zero attached hydrogens (tertiary/aromatic N) is 2. The summed E-state index contributed by atoms with van der Waals surface area (Å²) in [5.41, 5.74) is -0.0325. The monoisotopic (exact) mass is 337 g/mol. The molecule has 0 saturated heterocycles. The van der Waals surface area contributed by atoms with Crippen LogP contribution in [0.5, 0.6) is 0 Å². The van der Waals surface area contributed by atoms with Crippen molar-refractivity contribution in [1.29, 1.82) is 0 Å². The number of aryl methyl sites for hydroxylation is 1. The molecule has 0 radical (unpaired) electrons. The Hall–Kier alpha value is -0.400. The van der Waals surface area contributed by atoms with Crippen LogP contribution in [0.4, 0.5) is 0 Å². The lowest BCUT2D eigenvalue weighted by molar-refractivity contribution is 0.309. The molecule has 0 saturated carbocycles. The van der Waals surface area contributed by atoms with Gasteiger partial charge in [-0.15, -0.1) is 0 Å². The number of hydrogen-bond acceptors (Lipinski definition) is 3. The highest BCUT2D eigenvalue weighted by Crippen LogP contribution is 2.28. The van der Waals surface area contributed by atoms with Gasteiger partial charge >= 0.3 is 0 Å². The lowest BCUT2D eigenvalue weighted by Crippen LogP contribution is -2.38. The molecule has 0 aliphatic heterocycles. The van der Waals surface area contributed by atoms with Crippen molar-refractivity contribution in [3.05, 3.63) is 12.4 Å². The molecule has 104 valence electrons. The standard InChI is InChI=1S/C11H20BrN3O2S/c1-4-11(5-2,8-12)9-14-18(16,17)10-6-13-15(3)7-10/h6-7,14H,4-5,8-9H2,1-3H3. The topological polar surface area (TPSA) is 64.0 Å². The van der Waals surface area contributed by atoms with Crippen LogP contribution in [0, 0.1) is 5.41 Å². The summed E-state index contributed by atoms with van der Waals surface area (Å²) >= 11 is 3.47. The Kier molecular flexibility index (Phi) is 5.36. The van der Waals surface area contributed by atoms with Crippen LogP contribution >= 0.6 is 15.9 Å². The number of alkyl halides is 1. The van der Waals surface area contributed by atoms with Crippen LogP contribution in [-0.2, 0) is 17.1 Å². The minimum Gasteiger partial charge on any atom is -0.274 e. The zero-order valence-corrected chi connectivity index (χ0v) is 13.4. The van der Waals surface area contributed by atoms with Crippen LogP contribution in [0.25, 0.3) is 0 Å². The molecule has 0 unspecified atom stereocenters. The van der Waals surface area contributed by atoms with Crippen LogP contribution < -0.4 is 4.72 Å². The molecule has 7 heteroatoms. The SMILES string of the molecule is CCC(CC)(CBr)CNS(=O)(=O)c1cnn(C)c1. The van der Waals surface area contributed by atoms with E-state index in [1.807, 2.05) is 0 Å². The fourth-order valence-electron chi connectivity index (χ4n) is 1.61. The van der Waals surface area contributed by atoms with Crippen LogP contribution in [0.15, 0.2) is 17.3 Å². The summed E-state index contributed by atoms with van der Waals surface area (Å²) in [6.45, 7) is 4.58. The molecule has 0 atom stereocenters. The van der Waals surface area contributed by atoms with Gasteiger partial charge in [-0.2, -0.15) is 5.10 Å². The van der Waals surface area contributed by atoms with Crippen molar-refractivity contribution < 1.29 is 8.42 Å². The van der Waals surface area contributed by atoms with Gasteiger partial charge in [0.25, 0.3) is 0 Å². The van der Waals surface area contributed by atoms with Gasteiger partial charge in [-0.3, -0.25) is 4.68 Å². The average Bonchev–Trinajstić information content (AvgIpc) is 2.79. The number of rotatable bonds is 7. The van der Waals surface area contributed by atoms with Gasteiger partial charge in [0.05, 0.1) is 6.20 Å². The van der Waals surface area contributed by atoms with E-state index in [9.17, 15) is 8.42 Å². The molecular formula is C11H20BrN3O2S. The minimum absolute atomic E-state index is 0.0325. The van der Waals surface area contributed by atoms with E-state index >= 15 is 0 Å². The van der Waals surface area contributed by atoms with E-state index in [4.69, 9.17) is 0 Å². The maximum absolute atomic E-state index is 12.1. The van der Waals surface area contributed by atoms with Gasteiger partial charge in [0.1, 0.15) is 4.90 Å². The molecule has 1 heterocycles. The van der Waals surface area contributed by atoms with Crippen molar-refractivity contribution in [2.75, 3.05) is 11.9 Å². The Labute approximate surface area is 117 Å². The summed E-state index contributed by atoms with van der Waals surface area (Å²) in [6.07, 6.45) is 4.70. The third-order valence-electron chi connectivity index (χ3n) is 3.41. The van der Waals surface area contributed by atoms with Crippen LogP contribution in [-0.4, -0.2) is 30.1 Å². The van der Waals surface area contributed by atoms with E-state index in [-0.39, 0.29) is 10.3 Å². The Balaban J connectivity index is 2.79. The first-order chi connectivity index (χ1) is 8.39. The smallest absolute Gasteiger partial charge is 0.243 e. The van der Waals surface area contributed by atoms with Crippen molar-refractivity contribution in [3.8, 4) is 0 Å². The molecule has 1 aromatic heterocycles. The van der Waals surface area contributed by atoms with Gasteiger partial charge < -0.3 is 0 Å². The number of halogens is 1. The predicted octanol–water partition coefficient (Wildman–Crippen LogP) is 1.90. The Morgan fingerprint density at radius 1 is 1.44 bits per heavy atom. The quantitative estimate of drug-likeness (QED) is 0.773. The van der Waals surface area contributed by atoms with Gasteiger partial charge in [-0.1, -0.05) is 29.8 Å². The number of aromatic nitrogens is 2. The van der Waals surface area contributed by atoms with E-state index in [0.717, 1.165) is 18.2 Å². The number of nitrogens with one attached hydrogen (secondary N) is 1. The van der Waals surface area contributed by atoms with Crippen LogP contribution in [0.2, 0.25) is 0 Å². The molecule has 0 fully saturated rings. The first-order valence-electron chi connectivity index (χ1n) is 5.93. The second-order valence-corrected chi connectivity index (χ2v) is 6.84. The molecule has 1 N–H and O–H groups in total. The first-order valence-corrected chi connectivity index (χ1v) is 8.54. The third kappa shape index (κ3) is 3.55. The van der Waals surface area contributed by atoms with Gasteiger partial charge in [0.15, 0.2) is 0 Å². The second-order valence-electron chi connectivity index (χ2n) is 4.51. The summed E-state index contributed by atoms with van der Waals surface area (Å²) in [5, 5.41) is 4.66. The molecule has 0 amide bonds. The van der Waals surface area contributed by atoms with Gasteiger partial charge in [0.2, 0.25) is 10.0 Å². The second kappa shape index (κ2) is 6.16. The van der Waals surface area contributed by atoms with Crippen molar-refractivity contribution >= 4 is 26.0 Å². The predicted molar refractivity (Wildman–Crippen MR) is 75.2 cm³/mol. The maximum Gasteiger partial charge on any atom is 0.243 e. The van der Waals surface area contributed by atoms with Crippen molar-refractivity contribution in [3.63, 3.8) is 0 Å². The lowest BCUT2D eigenvalue weighted by Gasteiger charge is -2.29. The molecule has 0 aliphatic rings. The molecule has 0 aromatic carbocycles. The van der Waals surface area contributed by atoms with E-state index in [2.05, 4.69) is 39.6 Å². The summed E-state index contributed by atoms with van der Waals surface area (Å²) in [5.74, 6) is 0. The largest absolute Gasteiger partial charge is 0.274 e. The maximum atomic E-state index is 12.1. The molecule has 0 spiro atoms. The summed E-state index contributed by atoms with van der Waals surface area (Å²) in [7, 11) is -1.76. The van der Waals surface area contributed by atoms with Crippen LogP contribution in [0.1, 0.15) is 26.7 Å². The number of hydrogen-bond donors (Lipinski definition) is 1. The fourth-order valence-corrected chi connectivity index (χ4v) is 3.74. The van der Waals surface area contributed by atoms with Gasteiger partial charge in [-0.25, -0.2) is 13.1 Å². The molecule has 0 aliphatic carbocycles. The van der Waals surface area contributed by atoms with Crippen molar-refractivity contribution in [1.82, 2.24) is 14.5 Å². The first kappa shape index (κ1) is 15.7. The Bertz CT molecular complexity index is 472. The highest BCUT2D eigenvalue weighted by molar-refractivity contribution is 9.09. The third-order valence-corrected chi connectivity index (χ3v) is 5.96. The molecule has 18 heavy (non-hydrogen) atoms. The Morgan fingerprint density at radius 2 is 2.06 bits per heavy atom. The average molecular weight is 338 g/mol. The van der Waals surface area contributed by atoms with Crippen molar-refractivity contribution in [2.45, 2.75) is 31.6 Å². The van der Waals surface area contributed by atoms with Gasteiger partial charge in [-0.05, 0) is 18.3 Å². The highest BCUT2D eigenvalue weighted by Gasteiger charge is 2.27. The minimum atomic E-state index is -3.46. The van der Waals surface area contributed by atoms with E-state index in [1.165, 1.54) is 17.1 Å². The number of sulfonamides is 1. The Morgan fingerprint density at radius 3 is 2.44 bits per heavy atom. The molecule has 1 rings (SSSR count). The summed E-state index contributed by atoms with van der Waals surface area (Å²) in [4.78, 5) is 0.209. The molecule has 0 bridgehead atoms. The van der Waals surface area contributed by atoms with E-state index in [0.29, 0.717) is 6.54 Å². The van der Waals surface area contributed by atoms with Gasteiger partial charge in [0, 0.05) is 25.1 Å². The van der Waals surface area contributed by atoms with E-state index in [1.54, 1.807) is 7.05 Å². The fraction of sp³-hybridized carbons (Fsp3) is 0.727. The summed E-state index contributed by atoms with van der Waals surface area (Å²) in [6, 6.07) is 0. The molecule has 5 nitrogen and oxygen atoms in total. The lowest BCUT2D eigenvalue weighted by atomic mass is 9.85. The normalized spacial score (nSPS) is 12.9. The van der Waals surface area contributed by atoms with Crippen molar-refractivity contribution in [2.24, 2.45) is 12.5 Å². The zero-order valence-electron chi connectivity index (χ0n) is 11.0. The van der Waals surface area contributed by atoms with Crippen LogP contribution in [0.3, 0.4) is 0 Å². The zero-order chi connectivity index (χ0) is 13.8. The van der Waals surface area contributed by atoms with E-state index < -0.39 is 10.0 Å². The molecule has 1 aromatic rings.